The lowest BCUT2D eigenvalue weighted by Crippen LogP contribution is -2.40. The highest BCUT2D eigenvalue weighted by molar-refractivity contribution is 7.99. The number of rotatable bonds is 5. The molecule has 0 saturated carbocycles. The molecule has 1 amide bonds. The third kappa shape index (κ3) is 4.11. The van der Waals surface area contributed by atoms with Crippen molar-refractivity contribution in [1.29, 1.82) is 0 Å². The summed E-state index contributed by atoms with van der Waals surface area (Å²) in [5.74, 6) is 3.24. The predicted octanol–water partition coefficient (Wildman–Crippen LogP) is 1.87. The minimum Gasteiger partial charge on any atom is -0.341 e. The monoisotopic (exact) mass is 351 g/mol. The third-order valence-electron chi connectivity index (χ3n) is 5.22. The van der Waals surface area contributed by atoms with E-state index in [0.717, 1.165) is 44.1 Å². The summed E-state index contributed by atoms with van der Waals surface area (Å²) in [6, 6.07) is 0. The van der Waals surface area contributed by atoms with Gasteiger partial charge in [-0.2, -0.15) is 11.8 Å². The fraction of sp³-hybridized carbons (Fsp3) is 0.824. The van der Waals surface area contributed by atoms with E-state index in [2.05, 4.69) is 26.7 Å². The van der Waals surface area contributed by atoms with Gasteiger partial charge in [-0.25, -0.2) is 0 Å². The zero-order chi connectivity index (χ0) is 16.9. The number of amides is 1. The number of hydrogen-bond donors (Lipinski definition) is 0. The maximum Gasteiger partial charge on any atom is 0.232 e. The Kier molecular flexibility index (Phi) is 6.16. The van der Waals surface area contributed by atoms with E-state index in [4.69, 9.17) is 0 Å². The first-order chi connectivity index (χ1) is 11.7. The van der Waals surface area contributed by atoms with Gasteiger partial charge in [0.15, 0.2) is 0 Å². The molecule has 0 spiro atoms. The van der Waals surface area contributed by atoms with Gasteiger partial charge in [0.25, 0.3) is 0 Å². The fourth-order valence-electron chi connectivity index (χ4n) is 3.82. The Bertz CT molecular complexity index is 555. The number of piperidine rings is 2. The van der Waals surface area contributed by atoms with Crippen LogP contribution in [-0.4, -0.2) is 68.7 Å². The number of aromatic nitrogens is 3. The maximum atomic E-state index is 12.2. The molecule has 6 nitrogen and oxygen atoms in total. The lowest BCUT2D eigenvalue weighted by Gasteiger charge is -2.32. The molecule has 0 radical (unpaired) electrons. The van der Waals surface area contributed by atoms with Crippen LogP contribution in [-0.2, 0) is 18.4 Å². The van der Waals surface area contributed by atoms with E-state index < -0.39 is 0 Å². The molecule has 7 heteroatoms. The summed E-state index contributed by atoms with van der Waals surface area (Å²) in [5, 5.41) is 8.94. The molecule has 2 saturated heterocycles. The predicted molar refractivity (Wildman–Crippen MR) is 97.1 cm³/mol. The Morgan fingerprint density at radius 2 is 1.96 bits per heavy atom. The van der Waals surface area contributed by atoms with Crippen LogP contribution in [0.15, 0.2) is 0 Å². The molecule has 0 N–H and O–H groups in total. The fourth-order valence-corrected chi connectivity index (χ4v) is 4.24. The van der Waals surface area contributed by atoms with Gasteiger partial charge in [-0.05, 0) is 45.0 Å². The van der Waals surface area contributed by atoms with Crippen LogP contribution in [0.4, 0.5) is 0 Å². The number of thioether (sulfide) groups is 1. The summed E-state index contributed by atoms with van der Waals surface area (Å²) in [7, 11) is 2.08. The van der Waals surface area contributed by atoms with Crippen molar-refractivity contribution in [2.45, 2.75) is 44.6 Å². The summed E-state index contributed by atoms with van der Waals surface area (Å²) in [6.45, 7) is 4.90. The van der Waals surface area contributed by atoms with Crippen molar-refractivity contribution in [2.24, 2.45) is 7.05 Å². The van der Waals surface area contributed by atoms with Crippen molar-refractivity contribution in [2.75, 3.05) is 38.2 Å². The van der Waals surface area contributed by atoms with E-state index >= 15 is 0 Å². The highest BCUT2D eigenvalue weighted by atomic mass is 32.2. The van der Waals surface area contributed by atoms with Crippen LogP contribution < -0.4 is 0 Å². The van der Waals surface area contributed by atoms with Crippen LogP contribution in [0, 0.1) is 0 Å². The average Bonchev–Trinajstić information content (AvgIpc) is 2.97. The SMILES string of the molecule is CSCC(=O)N1CCC[C@@H](c2nnc(CN3CCCCC3)n2C)C1. The highest BCUT2D eigenvalue weighted by Crippen LogP contribution is 2.26. The van der Waals surface area contributed by atoms with E-state index in [9.17, 15) is 4.79 Å². The summed E-state index contributed by atoms with van der Waals surface area (Å²) < 4.78 is 2.17. The molecular weight excluding hydrogens is 322 g/mol. The Balaban J connectivity index is 1.64. The van der Waals surface area contributed by atoms with Crippen molar-refractivity contribution in [3.8, 4) is 0 Å². The van der Waals surface area contributed by atoms with E-state index in [0.29, 0.717) is 11.7 Å². The molecule has 2 fully saturated rings. The van der Waals surface area contributed by atoms with Gasteiger partial charge in [-0.1, -0.05) is 6.42 Å². The number of likely N-dealkylation sites (tertiary alicyclic amines) is 2. The van der Waals surface area contributed by atoms with Crippen LogP contribution in [0.1, 0.15) is 49.7 Å². The van der Waals surface area contributed by atoms with Gasteiger partial charge < -0.3 is 9.47 Å². The largest absolute Gasteiger partial charge is 0.341 e. The second kappa shape index (κ2) is 8.34. The lowest BCUT2D eigenvalue weighted by molar-refractivity contribution is -0.129. The van der Waals surface area contributed by atoms with E-state index in [-0.39, 0.29) is 5.91 Å². The highest BCUT2D eigenvalue weighted by Gasteiger charge is 2.28. The number of nitrogens with zero attached hydrogens (tertiary/aromatic N) is 5. The first-order valence-electron chi connectivity index (χ1n) is 9.06. The quantitative estimate of drug-likeness (QED) is 0.811. The molecule has 3 heterocycles. The summed E-state index contributed by atoms with van der Waals surface area (Å²) in [5.41, 5.74) is 0. The topological polar surface area (TPSA) is 54.3 Å². The van der Waals surface area contributed by atoms with Gasteiger partial charge in [0, 0.05) is 26.1 Å². The zero-order valence-electron chi connectivity index (χ0n) is 14.9. The van der Waals surface area contributed by atoms with Crippen LogP contribution in [0.25, 0.3) is 0 Å². The van der Waals surface area contributed by atoms with Gasteiger partial charge in [-0.3, -0.25) is 9.69 Å². The average molecular weight is 352 g/mol. The molecule has 3 rings (SSSR count). The van der Waals surface area contributed by atoms with Crippen LogP contribution in [0.5, 0.6) is 0 Å². The zero-order valence-corrected chi connectivity index (χ0v) is 15.7. The molecule has 0 aromatic carbocycles. The standard InChI is InChI=1S/C17H29N5OS/c1-20-15(12-21-8-4-3-5-9-21)18-19-17(20)14-7-6-10-22(11-14)16(23)13-24-2/h14H,3-13H2,1-2H3/t14-/m1/s1. The number of hydrogen-bond acceptors (Lipinski definition) is 5. The van der Waals surface area contributed by atoms with Gasteiger partial charge in [0.05, 0.1) is 12.3 Å². The van der Waals surface area contributed by atoms with Crippen molar-refractivity contribution in [3.63, 3.8) is 0 Å². The summed E-state index contributed by atoms with van der Waals surface area (Å²) in [4.78, 5) is 16.7. The van der Waals surface area contributed by atoms with Crippen molar-refractivity contribution >= 4 is 17.7 Å². The van der Waals surface area contributed by atoms with Gasteiger partial charge in [0.1, 0.15) is 11.6 Å². The molecule has 2 aliphatic rings. The second-order valence-corrected chi connectivity index (χ2v) is 7.85. The van der Waals surface area contributed by atoms with Gasteiger partial charge in [-0.15, -0.1) is 10.2 Å². The molecule has 24 heavy (non-hydrogen) atoms. The van der Waals surface area contributed by atoms with Crippen molar-refractivity contribution < 1.29 is 4.79 Å². The second-order valence-electron chi connectivity index (χ2n) is 6.98. The summed E-state index contributed by atoms with van der Waals surface area (Å²) in [6.07, 6.45) is 8.06. The summed E-state index contributed by atoms with van der Waals surface area (Å²) >= 11 is 1.60. The molecule has 0 bridgehead atoms. The molecule has 1 aromatic rings. The minimum absolute atomic E-state index is 0.253. The molecule has 1 aromatic heterocycles. The Morgan fingerprint density at radius 3 is 2.71 bits per heavy atom. The maximum absolute atomic E-state index is 12.2. The van der Waals surface area contributed by atoms with Crippen molar-refractivity contribution in [3.05, 3.63) is 11.6 Å². The molecule has 0 aliphatic carbocycles. The molecule has 1 atom stereocenters. The Labute approximate surface area is 149 Å². The van der Waals surface area contributed by atoms with E-state index in [1.807, 2.05) is 11.2 Å². The van der Waals surface area contributed by atoms with Gasteiger partial charge in [0.2, 0.25) is 5.91 Å². The minimum atomic E-state index is 0.253. The molecule has 134 valence electrons. The van der Waals surface area contributed by atoms with Crippen LogP contribution in [0.2, 0.25) is 0 Å². The van der Waals surface area contributed by atoms with Crippen molar-refractivity contribution in [1.82, 2.24) is 24.6 Å². The van der Waals surface area contributed by atoms with E-state index in [1.165, 1.54) is 32.4 Å². The Hall–Kier alpha value is -1.08. The van der Waals surface area contributed by atoms with E-state index in [1.54, 1.807) is 11.8 Å². The van der Waals surface area contributed by atoms with Crippen LogP contribution >= 0.6 is 11.8 Å². The normalized spacial score (nSPS) is 22.8. The van der Waals surface area contributed by atoms with Crippen LogP contribution in [0.3, 0.4) is 0 Å². The Morgan fingerprint density at radius 1 is 1.17 bits per heavy atom. The molecular formula is C17H29N5OS. The first kappa shape index (κ1) is 17.7. The lowest BCUT2D eigenvalue weighted by atomic mass is 9.97. The number of carbonyl (C=O) groups excluding carboxylic acids is 1. The smallest absolute Gasteiger partial charge is 0.232 e. The first-order valence-corrected chi connectivity index (χ1v) is 10.5. The molecule has 0 unspecified atom stereocenters. The number of carbonyl (C=O) groups is 1. The third-order valence-corrected chi connectivity index (χ3v) is 5.76. The molecule has 2 aliphatic heterocycles. The van der Waals surface area contributed by atoms with Gasteiger partial charge >= 0.3 is 0 Å².